The molecule has 1 unspecified atom stereocenters. The predicted molar refractivity (Wildman–Crippen MR) is 203 cm³/mol. The molecule has 3 aromatic heterocycles. The van der Waals surface area contributed by atoms with Crippen molar-refractivity contribution in [2.75, 3.05) is 0 Å². The lowest BCUT2D eigenvalue weighted by Gasteiger charge is -2.31. The summed E-state index contributed by atoms with van der Waals surface area (Å²) in [6, 6.07) is 49.1. The highest BCUT2D eigenvalue weighted by atomic mass is 32.1. The summed E-state index contributed by atoms with van der Waals surface area (Å²) in [5.74, 6) is 0. The fourth-order valence-electron chi connectivity index (χ4n) is 7.99. The molecule has 0 N–H and O–H groups in total. The number of para-hydroxylation sites is 2. The third kappa shape index (κ3) is 3.80. The summed E-state index contributed by atoms with van der Waals surface area (Å²) in [7, 11) is 0. The lowest BCUT2D eigenvalue weighted by molar-refractivity contribution is 0.436. The zero-order valence-corrected chi connectivity index (χ0v) is 27.1. The topological polar surface area (TPSA) is 33.6 Å². The Morgan fingerprint density at radius 3 is 1.98 bits per heavy atom. The minimum atomic E-state index is -0.263. The number of hydrogen-bond donors (Lipinski definition) is 0. The maximum atomic E-state index is 9.45. The molecule has 226 valence electrons. The zero-order valence-electron chi connectivity index (χ0n) is 26.3. The van der Waals surface area contributed by atoms with E-state index in [-0.39, 0.29) is 5.54 Å². The Kier molecular flexibility index (Phi) is 5.71. The lowest BCUT2D eigenvalue weighted by atomic mass is 9.90. The molecule has 3 heterocycles. The van der Waals surface area contributed by atoms with Crippen LogP contribution in [0.25, 0.3) is 80.6 Å². The van der Waals surface area contributed by atoms with E-state index in [1.165, 1.54) is 80.6 Å². The standard InChI is InChI=1S/C44H29N3S/c1-44(23-21-28(27-45)22-24-44)47-39-14-6-3-10-32(39)36-26-30(18-20-40(36)47)29-17-19-38-35(25-29)31-9-2-5-13-37(31)46(38)41-15-8-12-34-33-11-4-7-16-42(33)48-43(34)41/h2-23,25-26H,24H2,1H3. The molecule has 9 aromatic rings. The van der Waals surface area contributed by atoms with Crippen molar-refractivity contribution in [3.05, 3.63) is 151 Å². The summed E-state index contributed by atoms with van der Waals surface area (Å²) in [6.45, 7) is 2.26. The van der Waals surface area contributed by atoms with E-state index in [1.54, 1.807) is 0 Å². The second-order valence-corrected chi connectivity index (χ2v) is 14.1. The summed E-state index contributed by atoms with van der Waals surface area (Å²) >= 11 is 1.87. The molecule has 0 fully saturated rings. The van der Waals surface area contributed by atoms with Gasteiger partial charge in [-0.15, -0.1) is 11.3 Å². The SMILES string of the molecule is CC1(n2c3ccccc3c3cc(-c4ccc5c(c4)c4ccccc4n5-c4cccc5c4sc4ccccc45)ccc32)C=CC(C#N)=CC1. The fourth-order valence-corrected chi connectivity index (χ4v) is 9.20. The number of hydrogen-bond acceptors (Lipinski definition) is 2. The van der Waals surface area contributed by atoms with Crippen LogP contribution in [0.5, 0.6) is 0 Å². The second kappa shape index (κ2) is 10.1. The largest absolute Gasteiger partial charge is 0.331 e. The van der Waals surface area contributed by atoms with Crippen LogP contribution in [0.3, 0.4) is 0 Å². The van der Waals surface area contributed by atoms with Gasteiger partial charge in [0.2, 0.25) is 0 Å². The van der Waals surface area contributed by atoms with Crippen LogP contribution in [0.2, 0.25) is 0 Å². The van der Waals surface area contributed by atoms with Gasteiger partial charge in [-0.25, -0.2) is 0 Å². The summed E-state index contributed by atoms with van der Waals surface area (Å²) < 4.78 is 7.53. The molecule has 3 nitrogen and oxygen atoms in total. The fraction of sp³-hybridized carbons (Fsp3) is 0.0682. The number of nitrogens with zero attached hydrogens (tertiary/aromatic N) is 3. The van der Waals surface area contributed by atoms with Crippen molar-refractivity contribution in [2.45, 2.75) is 18.9 Å². The Balaban J connectivity index is 1.17. The molecule has 1 atom stereocenters. The zero-order chi connectivity index (χ0) is 32.0. The molecule has 0 saturated heterocycles. The minimum Gasteiger partial charge on any atom is -0.331 e. The summed E-state index contributed by atoms with van der Waals surface area (Å²) in [6.07, 6.45) is 6.99. The molecule has 1 aliphatic rings. The highest BCUT2D eigenvalue weighted by molar-refractivity contribution is 7.26. The van der Waals surface area contributed by atoms with Gasteiger partial charge in [0, 0.05) is 53.6 Å². The van der Waals surface area contributed by atoms with Crippen molar-refractivity contribution in [3.63, 3.8) is 0 Å². The molecule has 6 aromatic carbocycles. The van der Waals surface area contributed by atoms with E-state index in [1.807, 2.05) is 17.4 Å². The van der Waals surface area contributed by atoms with Crippen LogP contribution in [0.15, 0.2) is 151 Å². The second-order valence-electron chi connectivity index (χ2n) is 13.1. The lowest BCUT2D eigenvalue weighted by Crippen LogP contribution is -2.28. The molecular formula is C44H29N3S. The van der Waals surface area contributed by atoms with Crippen LogP contribution in [0.1, 0.15) is 13.3 Å². The first-order chi connectivity index (χ1) is 23.6. The Hall–Kier alpha value is -5.89. The van der Waals surface area contributed by atoms with Crippen molar-refractivity contribution < 1.29 is 0 Å². The third-order valence-electron chi connectivity index (χ3n) is 10.3. The van der Waals surface area contributed by atoms with E-state index in [0.29, 0.717) is 0 Å². The molecule has 0 bridgehead atoms. The number of thiophene rings is 1. The average molecular weight is 632 g/mol. The van der Waals surface area contributed by atoms with Crippen molar-refractivity contribution in [1.29, 1.82) is 5.26 Å². The smallest absolute Gasteiger partial charge is 0.0988 e. The van der Waals surface area contributed by atoms with Crippen molar-refractivity contribution in [1.82, 2.24) is 9.13 Å². The molecule has 1 aliphatic carbocycles. The molecule has 0 aliphatic heterocycles. The Morgan fingerprint density at radius 1 is 0.625 bits per heavy atom. The van der Waals surface area contributed by atoms with E-state index in [4.69, 9.17) is 0 Å². The van der Waals surface area contributed by atoms with Crippen molar-refractivity contribution in [3.8, 4) is 22.9 Å². The maximum absolute atomic E-state index is 9.45. The van der Waals surface area contributed by atoms with E-state index in [0.717, 1.165) is 12.0 Å². The molecule has 4 heteroatoms. The van der Waals surface area contributed by atoms with Crippen molar-refractivity contribution >= 4 is 75.1 Å². The van der Waals surface area contributed by atoms with Gasteiger partial charge < -0.3 is 9.13 Å². The molecule has 48 heavy (non-hydrogen) atoms. The molecule has 0 radical (unpaired) electrons. The minimum absolute atomic E-state index is 0.263. The van der Waals surface area contributed by atoms with Crippen LogP contribution < -0.4 is 0 Å². The maximum Gasteiger partial charge on any atom is 0.0988 e. The Bertz CT molecular complexity index is 2900. The highest BCUT2D eigenvalue weighted by Crippen LogP contribution is 2.43. The number of nitriles is 1. The molecule has 0 amide bonds. The quantitative estimate of drug-likeness (QED) is 0.191. The van der Waals surface area contributed by atoms with Gasteiger partial charge in [0.25, 0.3) is 0 Å². The number of aromatic nitrogens is 2. The van der Waals surface area contributed by atoms with Crippen LogP contribution in [0.4, 0.5) is 0 Å². The monoisotopic (exact) mass is 631 g/mol. The molecular weight excluding hydrogens is 603 g/mol. The van der Waals surface area contributed by atoms with Crippen LogP contribution in [-0.4, -0.2) is 9.13 Å². The Labute approximate surface area is 281 Å². The number of fused-ring (bicyclic) bond motifs is 9. The normalized spacial score (nSPS) is 16.5. The van der Waals surface area contributed by atoms with Gasteiger partial charge in [0.05, 0.1) is 33.0 Å². The van der Waals surface area contributed by atoms with Crippen LogP contribution in [0, 0.1) is 11.3 Å². The van der Waals surface area contributed by atoms with E-state index < -0.39 is 0 Å². The van der Waals surface area contributed by atoms with Gasteiger partial charge in [0.15, 0.2) is 0 Å². The number of rotatable bonds is 3. The Morgan fingerprint density at radius 2 is 1.23 bits per heavy atom. The van der Waals surface area contributed by atoms with Gasteiger partial charge in [-0.3, -0.25) is 0 Å². The van der Waals surface area contributed by atoms with Gasteiger partial charge in [-0.2, -0.15) is 5.26 Å². The number of benzene rings is 6. The van der Waals surface area contributed by atoms with Gasteiger partial charge >= 0.3 is 0 Å². The summed E-state index contributed by atoms with van der Waals surface area (Å²) in [5.41, 5.74) is 8.94. The molecule has 0 saturated carbocycles. The molecule has 10 rings (SSSR count). The number of allylic oxidation sites excluding steroid dienone is 4. The molecule has 0 spiro atoms. The highest BCUT2D eigenvalue weighted by Gasteiger charge is 2.29. The van der Waals surface area contributed by atoms with Crippen LogP contribution in [-0.2, 0) is 5.54 Å². The third-order valence-corrected chi connectivity index (χ3v) is 11.5. The van der Waals surface area contributed by atoms with Crippen molar-refractivity contribution in [2.24, 2.45) is 0 Å². The summed E-state index contributed by atoms with van der Waals surface area (Å²) in [5, 5.41) is 17.1. The van der Waals surface area contributed by atoms with Gasteiger partial charge in [0.1, 0.15) is 0 Å². The van der Waals surface area contributed by atoms with Gasteiger partial charge in [-0.1, -0.05) is 91.0 Å². The van der Waals surface area contributed by atoms with Crippen LogP contribution >= 0.6 is 11.3 Å². The summed E-state index contributed by atoms with van der Waals surface area (Å²) in [4.78, 5) is 0. The van der Waals surface area contributed by atoms with Gasteiger partial charge in [-0.05, 0) is 79.1 Å². The van der Waals surface area contributed by atoms with E-state index in [9.17, 15) is 5.26 Å². The first-order valence-electron chi connectivity index (χ1n) is 16.4. The van der Waals surface area contributed by atoms with E-state index >= 15 is 0 Å². The predicted octanol–water partition coefficient (Wildman–Crippen LogP) is 12.1. The van der Waals surface area contributed by atoms with E-state index in [2.05, 4.69) is 162 Å². The first-order valence-corrected chi connectivity index (χ1v) is 17.2. The average Bonchev–Trinajstić information content (AvgIpc) is 3.79. The first kappa shape index (κ1) is 27.2.